The van der Waals surface area contributed by atoms with E-state index in [9.17, 15) is 9.59 Å². The van der Waals surface area contributed by atoms with Crippen LogP contribution in [-0.2, 0) is 13.1 Å². The van der Waals surface area contributed by atoms with Crippen molar-refractivity contribution in [2.75, 3.05) is 0 Å². The van der Waals surface area contributed by atoms with Gasteiger partial charge < -0.3 is 0 Å². The summed E-state index contributed by atoms with van der Waals surface area (Å²) in [6, 6.07) is 22.3. The molecule has 0 saturated carbocycles. The Bertz CT molecular complexity index is 1050. The molecule has 0 aliphatic rings. The van der Waals surface area contributed by atoms with Crippen molar-refractivity contribution in [3.63, 3.8) is 0 Å². The Morgan fingerprint density at radius 3 is 1.72 bits per heavy atom. The van der Waals surface area contributed by atoms with E-state index in [2.05, 4.69) is 25.9 Å². The molecule has 2 aromatic carbocycles. The van der Waals surface area contributed by atoms with Crippen LogP contribution in [0.5, 0.6) is 0 Å². The summed E-state index contributed by atoms with van der Waals surface area (Å²) in [5.74, 6) is 0. The van der Waals surface area contributed by atoms with Crippen molar-refractivity contribution in [1.82, 2.24) is 14.3 Å². The van der Waals surface area contributed by atoms with Crippen molar-refractivity contribution in [1.29, 1.82) is 0 Å². The lowest BCUT2D eigenvalue weighted by Gasteiger charge is -2.27. The van der Waals surface area contributed by atoms with Gasteiger partial charge in [0, 0.05) is 0 Å². The van der Waals surface area contributed by atoms with Crippen LogP contribution in [0.15, 0.2) is 70.3 Å². The molecular formula is C23H29N3O2Si. The molecule has 0 aliphatic carbocycles. The number of nitrogens with zero attached hydrogens (tertiary/aromatic N) is 3. The summed E-state index contributed by atoms with van der Waals surface area (Å²) >= 11 is 0. The molecular weight excluding hydrogens is 378 g/mol. The third-order valence-corrected chi connectivity index (χ3v) is 11.4. The molecule has 0 fully saturated rings. The van der Waals surface area contributed by atoms with E-state index in [-0.39, 0.29) is 17.8 Å². The average Bonchev–Trinajstić information content (AvgIpc) is 2.77. The summed E-state index contributed by atoms with van der Waals surface area (Å²) in [5.41, 5.74) is 1.37. The monoisotopic (exact) mass is 407 g/mol. The van der Waals surface area contributed by atoms with Crippen molar-refractivity contribution in [3.05, 3.63) is 92.6 Å². The molecule has 3 rings (SSSR count). The zero-order valence-corrected chi connectivity index (χ0v) is 18.5. The van der Waals surface area contributed by atoms with Gasteiger partial charge in [0.15, 0.2) is 0 Å². The van der Waals surface area contributed by atoms with Gasteiger partial charge in [-0.1, -0.05) is 99.6 Å². The lowest BCUT2D eigenvalue weighted by atomic mass is 10.2. The Morgan fingerprint density at radius 1 is 0.759 bits per heavy atom. The minimum Gasteiger partial charge on any atom is -0.268 e. The van der Waals surface area contributed by atoms with E-state index in [0.29, 0.717) is 11.9 Å². The van der Waals surface area contributed by atoms with Gasteiger partial charge in [0.05, 0.1) is 13.1 Å². The minimum absolute atomic E-state index is 0.208. The maximum absolute atomic E-state index is 13.4. The van der Waals surface area contributed by atoms with Gasteiger partial charge in [0.2, 0.25) is 0 Å². The molecule has 3 aromatic rings. The van der Waals surface area contributed by atoms with E-state index >= 15 is 0 Å². The largest absolute Gasteiger partial charge is 0.348 e. The molecule has 0 N–H and O–H groups in total. The van der Waals surface area contributed by atoms with Crippen molar-refractivity contribution in [2.45, 2.75) is 52.0 Å². The lowest BCUT2D eigenvalue weighted by Crippen LogP contribution is -2.62. The lowest BCUT2D eigenvalue weighted by molar-refractivity contribution is 0.549. The highest BCUT2D eigenvalue weighted by atomic mass is 28.3. The van der Waals surface area contributed by atoms with Gasteiger partial charge in [-0.25, -0.2) is 9.48 Å². The summed E-state index contributed by atoms with van der Waals surface area (Å²) < 4.78 is 2.86. The first-order valence-electron chi connectivity index (χ1n) is 10.3. The minimum atomic E-state index is -2.06. The fraction of sp³-hybridized carbons (Fsp3) is 0.348. The number of hydrogen-bond donors (Lipinski definition) is 0. The van der Waals surface area contributed by atoms with Gasteiger partial charge in [-0.15, -0.1) is 0 Å². The van der Waals surface area contributed by atoms with E-state index in [4.69, 9.17) is 0 Å². The molecule has 0 atom stereocenters. The molecule has 6 heteroatoms. The molecule has 0 spiro atoms. The van der Waals surface area contributed by atoms with Crippen LogP contribution >= 0.6 is 0 Å². The Hall–Kier alpha value is -2.73. The smallest absolute Gasteiger partial charge is 0.268 e. The molecule has 0 saturated heterocycles. The molecule has 5 nitrogen and oxygen atoms in total. The predicted octanol–water partition coefficient (Wildman–Crippen LogP) is 3.22. The highest BCUT2D eigenvalue weighted by Gasteiger charge is 2.35. The van der Waals surface area contributed by atoms with Crippen LogP contribution in [0.2, 0.25) is 18.1 Å². The first-order chi connectivity index (χ1) is 14.0. The van der Waals surface area contributed by atoms with Gasteiger partial charge in [0.1, 0.15) is 13.4 Å². The molecule has 0 unspecified atom stereocenters. The zero-order valence-electron chi connectivity index (χ0n) is 17.5. The Morgan fingerprint density at radius 2 is 1.24 bits per heavy atom. The summed E-state index contributed by atoms with van der Waals surface area (Å²) in [4.78, 5) is 26.7. The highest BCUT2D eigenvalue weighted by molar-refractivity contribution is 6.91. The molecule has 152 valence electrons. The van der Waals surface area contributed by atoms with Crippen molar-refractivity contribution >= 4 is 13.4 Å². The highest BCUT2D eigenvalue weighted by Crippen LogP contribution is 2.17. The van der Waals surface area contributed by atoms with Crippen LogP contribution in [-0.4, -0.2) is 22.4 Å². The zero-order chi connectivity index (χ0) is 20.9. The topological polar surface area (TPSA) is 56.9 Å². The second kappa shape index (κ2) is 9.18. The van der Waals surface area contributed by atoms with E-state index in [1.807, 2.05) is 60.7 Å². The number of aromatic nitrogens is 3. The second-order valence-electron chi connectivity index (χ2n) is 7.49. The van der Waals surface area contributed by atoms with Crippen LogP contribution in [0.3, 0.4) is 0 Å². The van der Waals surface area contributed by atoms with Gasteiger partial charge in [-0.3, -0.25) is 9.36 Å². The SMILES string of the molecule is CC[Si](CC)(CC)c1nn(Cc2ccccc2)c(=O)n(Cc2ccccc2)c1=O. The van der Waals surface area contributed by atoms with Crippen molar-refractivity contribution < 1.29 is 0 Å². The standard InChI is InChI=1S/C23H29N3O2Si/c1-4-29(5-2,6-3)21-22(27)25(17-19-13-9-7-10-14-19)23(28)26(24-21)18-20-15-11-8-12-16-20/h7-16H,4-6,17-18H2,1-3H3. The van der Waals surface area contributed by atoms with Gasteiger partial charge in [0.25, 0.3) is 5.56 Å². The molecule has 0 radical (unpaired) electrons. The second-order valence-corrected chi connectivity index (χ2v) is 12.6. The number of hydrogen-bond acceptors (Lipinski definition) is 3. The fourth-order valence-electron chi connectivity index (χ4n) is 3.91. The molecule has 1 heterocycles. The van der Waals surface area contributed by atoms with Crippen LogP contribution in [0.1, 0.15) is 31.9 Å². The average molecular weight is 408 g/mol. The quantitative estimate of drug-likeness (QED) is 0.539. The Kier molecular flexibility index (Phi) is 6.64. The number of rotatable bonds is 8. The van der Waals surface area contributed by atoms with Crippen molar-refractivity contribution in [2.24, 2.45) is 0 Å². The van der Waals surface area contributed by atoms with Crippen LogP contribution in [0, 0.1) is 0 Å². The summed E-state index contributed by atoms with van der Waals surface area (Å²) in [6.45, 7) is 7.07. The summed E-state index contributed by atoms with van der Waals surface area (Å²) in [6.07, 6.45) is 0. The Balaban J connectivity index is 2.20. The van der Waals surface area contributed by atoms with E-state index < -0.39 is 8.07 Å². The van der Waals surface area contributed by atoms with E-state index in [0.717, 1.165) is 29.3 Å². The maximum Gasteiger partial charge on any atom is 0.348 e. The van der Waals surface area contributed by atoms with Crippen molar-refractivity contribution in [3.8, 4) is 0 Å². The van der Waals surface area contributed by atoms with Crippen LogP contribution in [0.4, 0.5) is 0 Å². The van der Waals surface area contributed by atoms with E-state index in [1.54, 1.807) is 0 Å². The molecule has 0 aliphatic heterocycles. The molecule has 29 heavy (non-hydrogen) atoms. The van der Waals surface area contributed by atoms with Crippen LogP contribution < -0.4 is 16.6 Å². The third-order valence-electron chi connectivity index (χ3n) is 6.01. The Labute approximate surface area is 172 Å². The van der Waals surface area contributed by atoms with Gasteiger partial charge in [-0.2, -0.15) is 5.10 Å². The molecule has 0 amide bonds. The fourth-order valence-corrected chi connectivity index (χ4v) is 7.34. The van der Waals surface area contributed by atoms with E-state index in [1.165, 1.54) is 9.25 Å². The van der Waals surface area contributed by atoms with Crippen LogP contribution in [0.25, 0.3) is 0 Å². The maximum atomic E-state index is 13.4. The molecule has 0 bridgehead atoms. The number of benzene rings is 2. The molecule has 1 aromatic heterocycles. The predicted molar refractivity (Wildman–Crippen MR) is 121 cm³/mol. The third kappa shape index (κ3) is 4.32. The first-order valence-corrected chi connectivity index (χ1v) is 13.0. The summed E-state index contributed by atoms with van der Waals surface area (Å²) in [5, 5.41) is 5.32. The summed E-state index contributed by atoms with van der Waals surface area (Å²) in [7, 11) is -2.06. The van der Waals surface area contributed by atoms with Gasteiger partial charge in [-0.05, 0) is 11.1 Å². The normalized spacial score (nSPS) is 11.6. The van der Waals surface area contributed by atoms with Gasteiger partial charge >= 0.3 is 5.69 Å². The first kappa shape index (κ1) is 21.0.